The van der Waals surface area contributed by atoms with E-state index >= 15 is 0 Å². The van der Waals surface area contributed by atoms with Gasteiger partial charge in [-0.05, 0) is 57.3 Å². The van der Waals surface area contributed by atoms with Gasteiger partial charge in [-0.1, -0.05) is 121 Å². The summed E-state index contributed by atoms with van der Waals surface area (Å²) in [6.07, 6.45) is 0. The van der Waals surface area contributed by atoms with Crippen molar-refractivity contribution in [1.29, 1.82) is 0 Å². The third kappa shape index (κ3) is 3.56. The van der Waals surface area contributed by atoms with Crippen molar-refractivity contribution in [3.8, 4) is 0 Å². The van der Waals surface area contributed by atoms with Crippen LogP contribution in [0.1, 0.15) is 0 Å². The molecule has 0 saturated carbocycles. The van der Waals surface area contributed by atoms with E-state index in [2.05, 4.69) is 150 Å². The molecule has 45 heavy (non-hydrogen) atoms. The maximum absolute atomic E-state index is 6.67. The summed E-state index contributed by atoms with van der Waals surface area (Å²) in [7, 11) is 0. The van der Waals surface area contributed by atoms with Gasteiger partial charge in [-0.15, -0.1) is 11.3 Å². The Morgan fingerprint density at radius 1 is 0.378 bits per heavy atom. The van der Waals surface area contributed by atoms with E-state index in [1.54, 1.807) is 0 Å². The van der Waals surface area contributed by atoms with Crippen LogP contribution in [0, 0.1) is 0 Å². The summed E-state index contributed by atoms with van der Waals surface area (Å²) in [5, 5.41) is 12.3. The number of rotatable bonds is 3. The van der Waals surface area contributed by atoms with Crippen molar-refractivity contribution in [2.45, 2.75) is 0 Å². The first-order valence-electron chi connectivity index (χ1n) is 15.3. The number of benzene rings is 8. The van der Waals surface area contributed by atoms with Crippen molar-refractivity contribution < 1.29 is 4.42 Å². The van der Waals surface area contributed by atoms with Gasteiger partial charge in [0.1, 0.15) is 5.58 Å². The number of hydrogen-bond donors (Lipinski definition) is 0. The fraction of sp³-hybridized carbons (Fsp3) is 0. The molecule has 0 aliphatic carbocycles. The van der Waals surface area contributed by atoms with Crippen molar-refractivity contribution in [1.82, 2.24) is 0 Å². The molecule has 2 aromatic heterocycles. The molecule has 0 bridgehead atoms. The van der Waals surface area contributed by atoms with Crippen LogP contribution in [0.5, 0.6) is 0 Å². The molecular weight excluding hydrogens is 567 g/mol. The SMILES string of the molecule is c1ccc2c(c1)ccc1c3cccc(N(c4cccc5c4oc4ccccc45)c4cccc5c4sc4ccccc45)c3ccc21. The average molecular weight is 592 g/mol. The van der Waals surface area contributed by atoms with E-state index in [0.29, 0.717) is 0 Å². The van der Waals surface area contributed by atoms with E-state index < -0.39 is 0 Å². The summed E-state index contributed by atoms with van der Waals surface area (Å²) >= 11 is 1.85. The number of furan rings is 1. The number of thiophene rings is 1. The predicted molar refractivity (Wildman–Crippen MR) is 194 cm³/mol. The molecule has 10 aromatic rings. The Labute approximate surface area is 263 Å². The molecule has 3 heteroatoms. The second kappa shape index (κ2) is 9.43. The predicted octanol–water partition coefficient (Wildman–Crippen LogP) is 12.9. The molecule has 0 unspecified atom stereocenters. The molecule has 2 heterocycles. The van der Waals surface area contributed by atoms with Crippen LogP contribution < -0.4 is 4.90 Å². The molecule has 10 rings (SSSR count). The molecule has 0 atom stereocenters. The van der Waals surface area contributed by atoms with E-state index in [-0.39, 0.29) is 0 Å². The summed E-state index contributed by atoms with van der Waals surface area (Å²) in [4.78, 5) is 2.43. The molecule has 210 valence electrons. The lowest BCUT2D eigenvalue weighted by atomic mass is 9.96. The van der Waals surface area contributed by atoms with Gasteiger partial charge in [-0.3, -0.25) is 0 Å². The molecule has 0 fully saturated rings. The van der Waals surface area contributed by atoms with Crippen LogP contribution in [-0.2, 0) is 0 Å². The van der Waals surface area contributed by atoms with Gasteiger partial charge in [0, 0.05) is 31.6 Å². The summed E-state index contributed by atoms with van der Waals surface area (Å²) in [6.45, 7) is 0. The number of hydrogen-bond acceptors (Lipinski definition) is 3. The quantitative estimate of drug-likeness (QED) is 0.190. The largest absolute Gasteiger partial charge is 0.454 e. The Bertz CT molecular complexity index is 2670. The number of para-hydroxylation sites is 2. The molecule has 8 aromatic carbocycles. The van der Waals surface area contributed by atoms with Crippen molar-refractivity contribution in [3.63, 3.8) is 0 Å². The van der Waals surface area contributed by atoms with Crippen LogP contribution in [0.4, 0.5) is 17.1 Å². The first kappa shape index (κ1) is 24.8. The third-order valence-corrected chi connectivity index (χ3v) is 10.5. The van der Waals surface area contributed by atoms with Gasteiger partial charge in [0.2, 0.25) is 0 Å². The summed E-state index contributed by atoms with van der Waals surface area (Å²) in [5.74, 6) is 0. The second-order valence-electron chi connectivity index (χ2n) is 11.7. The zero-order valence-corrected chi connectivity index (χ0v) is 25.0. The standard InChI is InChI=1S/C42H25NOS/c1-2-11-27-26(10-1)22-23-30-28-14-7-17-36(31(28)25-24-29(27)30)43(37-18-8-15-34-32-12-3-5-20-39(32)44-41(34)37)38-19-9-16-35-33-13-4-6-21-40(33)45-42(35)38/h1-25H. The van der Waals surface area contributed by atoms with E-state index in [4.69, 9.17) is 4.42 Å². The Morgan fingerprint density at radius 3 is 1.89 bits per heavy atom. The maximum Gasteiger partial charge on any atom is 0.159 e. The maximum atomic E-state index is 6.67. The molecule has 0 spiro atoms. The zero-order valence-electron chi connectivity index (χ0n) is 24.2. The van der Waals surface area contributed by atoms with Gasteiger partial charge in [0.05, 0.1) is 21.8 Å². The van der Waals surface area contributed by atoms with E-state index in [9.17, 15) is 0 Å². The van der Waals surface area contributed by atoms with Gasteiger partial charge in [-0.25, -0.2) is 0 Å². The topological polar surface area (TPSA) is 16.4 Å². The summed E-state index contributed by atoms with van der Waals surface area (Å²) in [5.41, 5.74) is 5.09. The van der Waals surface area contributed by atoms with Gasteiger partial charge in [0.15, 0.2) is 5.58 Å². The van der Waals surface area contributed by atoms with Crippen molar-refractivity contribution in [3.05, 3.63) is 152 Å². The molecule has 0 radical (unpaired) electrons. The van der Waals surface area contributed by atoms with E-state index in [1.165, 1.54) is 52.5 Å². The fourth-order valence-electron chi connectivity index (χ4n) is 7.24. The fourth-order valence-corrected chi connectivity index (χ4v) is 8.45. The van der Waals surface area contributed by atoms with E-state index in [1.807, 2.05) is 17.4 Å². The van der Waals surface area contributed by atoms with Gasteiger partial charge in [-0.2, -0.15) is 0 Å². The molecular formula is C42H25NOS. The van der Waals surface area contributed by atoms with E-state index in [0.717, 1.165) is 39.0 Å². The molecule has 2 nitrogen and oxygen atoms in total. The minimum absolute atomic E-state index is 0.889. The highest BCUT2D eigenvalue weighted by Gasteiger charge is 2.24. The Kier molecular flexibility index (Phi) is 5.19. The minimum Gasteiger partial charge on any atom is -0.454 e. The zero-order chi connectivity index (χ0) is 29.5. The molecule has 0 saturated heterocycles. The van der Waals surface area contributed by atoms with Gasteiger partial charge >= 0.3 is 0 Å². The summed E-state index contributed by atoms with van der Waals surface area (Å²) < 4.78 is 9.22. The summed E-state index contributed by atoms with van der Waals surface area (Å²) in [6, 6.07) is 54.8. The number of fused-ring (bicyclic) bond motifs is 11. The van der Waals surface area contributed by atoms with Gasteiger partial charge < -0.3 is 9.32 Å². The lowest BCUT2D eigenvalue weighted by Crippen LogP contribution is -2.11. The normalized spacial score (nSPS) is 12.0. The van der Waals surface area contributed by atoms with Crippen molar-refractivity contribution >= 4 is 103 Å². The second-order valence-corrected chi connectivity index (χ2v) is 12.7. The van der Waals surface area contributed by atoms with Crippen LogP contribution in [-0.4, -0.2) is 0 Å². The monoisotopic (exact) mass is 591 g/mol. The minimum atomic E-state index is 0.889. The molecule has 0 amide bonds. The molecule has 0 aliphatic heterocycles. The van der Waals surface area contributed by atoms with Crippen LogP contribution in [0.25, 0.3) is 74.4 Å². The molecule has 0 N–H and O–H groups in total. The first-order chi connectivity index (χ1) is 22.3. The van der Waals surface area contributed by atoms with Crippen LogP contribution >= 0.6 is 11.3 Å². The van der Waals surface area contributed by atoms with Crippen LogP contribution in [0.2, 0.25) is 0 Å². The van der Waals surface area contributed by atoms with Crippen LogP contribution in [0.15, 0.2) is 156 Å². The Balaban J connectivity index is 1.33. The van der Waals surface area contributed by atoms with Crippen molar-refractivity contribution in [2.24, 2.45) is 0 Å². The highest BCUT2D eigenvalue weighted by atomic mass is 32.1. The number of anilines is 3. The van der Waals surface area contributed by atoms with Crippen LogP contribution in [0.3, 0.4) is 0 Å². The smallest absolute Gasteiger partial charge is 0.159 e. The third-order valence-electron chi connectivity index (χ3n) is 9.25. The first-order valence-corrected chi connectivity index (χ1v) is 16.1. The highest BCUT2D eigenvalue weighted by molar-refractivity contribution is 7.26. The van der Waals surface area contributed by atoms with Crippen molar-refractivity contribution in [2.75, 3.05) is 4.90 Å². The number of nitrogens with zero attached hydrogens (tertiary/aromatic N) is 1. The lowest BCUT2D eigenvalue weighted by Gasteiger charge is -2.27. The highest BCUT2D eigenvalue weighted by Crippen LogP contribution is 2.49. The average Bonchev–Trinajstić information content (AvgIpc) is 3.68. The Morgan fingerprint density at radius 2 is 0.978 bits per heavy atom. The van der Waals surface area contributed by atoms with Gasteiger partial charge in [0.25, 0.3) is 0 Å². The molecule has 0 aliphatic rings. The lowest BCUT2D eigenvalue weighted by molar-refractivity contribution is 0.669. The Hall–Kier alpha value is -5.64.